The van der Waals surface area contributed by atoms with Gasteiger partial charge in [-0.1, -0.05) is 86.0 Å². The molecule has 1 atom stereocenters. The molecule has 1 unspecified atom stereocenters. The van der Waals surface area contributed by atoms with Crippen molar-refractivity contribution in [2.24, 2.45) is 0 Å². The van der Waals surface area contributed by atoms with Crippen molar-refractivity contribution in [2.75, 3.05) is 6.61 Å². The Morgan fingerprint density at radius 2 is 1.79 bits per heavy atom. The van der Waals surface area contributed by atoms with Gasteiger partial charge in [-0.3, -0.25) is 4.79 Å². The number of nitrogens with one attached hydrogen (secondary N) is 1. The van der Waals surface area contributed by atoms with Crippen molar-refractivity contribution in [1.82, 2.24) is 5.32 Å². The van der Waals surface area contributed by atoms with Crippen LogP contribution in [-0.4, -0.2) is 27.6 Å². The molecule has 0 saturated carbocycles. The maximum absolute atomic E-state index is 12.2. The number of aromatic hydroxyl groups is 1. The van der Waals surface area contributed by atoms with Crippen molar-refractivity contribution in [3.8, 4) is 5.75 Å². The lowest BCUT2D eigenvalue weighted by Crippen LogP contribution is -2.45. The molecular weight excluding hydrogens is 373 g/mol. The molecule has 0 radical (unpaired) electrons. The summed E-state index contributed by atoms with van der Waals surface area (Å²) in [6.07, 6.45) is 5.53. The van der Waals surface area contributed by atoms with E-state index in [1.807, 2.05) is 0 Å². The standard InChI is InChI=1S/C17H24Cl3NO3/c1-2-3-4-5-6-9-12-24-16(17(18,19)20)21-15(23)13-10-7-8-11-14(13)22/h7-8,10-11,16,22H,2-6,9,12H2,1H3,(H,21,23). The topological polar surface area (TPSA) is 58.6 Å². The van der Waals surface area contributed by atoms with Crippen LogP contribution < -0.4 is 5.32 Å². The molecule has 0 aromatic heterocycles. The molecule has 136 valence electrons. The zero-order chi connectivity index (χ0) is 18.0. The van der Waals surface area contributed by atoms with Crippen LogP contribution in [-0.2, 0) is 4.74 Å². The minimum atomic E-state index is -1.80. The number of phenols is 1. The van der Waals surface area contributed by atoms with Crippen LogP contribution >= 0.6 is 34.8 Å². The van der Waals surface area contributed by atoms with Crippen LogP contribution in [0.4, 0.5) is 0 Å². The van der Waals surface area contributed by atoms with Crippen LogP contribution in [0.2, 0.25) is 0 Å². The summed E-state index contributed by atoms with van der Waals surface area (Å²) in [5, 5.41) is 12.2. The number of ether oxygens (including phenoxy) is 1. The van der Waals surface area contributed by atoms with E-state index in [2.05, 4.69) is 12.2 Å². The monoisotopic (exact) mass is 395 g/mol. The predicted molar refractivity (Wildman–Crippen MR) is 99.0 cm³/mol. The Hall–Kier alpha value is -0.680. The number of phenolic OH excluding ortho intramolecular Hbond substituents is 1. The van der Waals surface area contributed by atoms with E-state index in [4.69, 9.17) is 39.5 Å². The van der Waals surface area contributed by atoms with E-state index in [0.29, 0.717) is 6.61 Å². The van der Waals surface area contributed by atoms with Gasteiger partial charge in [-0.2, -0.15) is 0 Å². The molecule has 0 bridgehead atoms. The number of carbonyl (C=O) groups excluding carboxylic acids is 1. The summed E-state index contributed by atoms with van der Waals surface area (Å²) in [4.78, 5) is 12.2. The summed E-state index contributed by atoms with van der Waals surface area (Å²) < 4.78 is 3.73. The highest BCUT2D eigenvalue weighted by Gasteiger charge is 2.35. The Balaban J connectivity index is 2.49. The smallest absolute Gasteiger partial charge is 0.257 e. The normalized spacial score (nSPS) is 12.8. The Morgan fingerprint density at radius 1 is 1.17 bits per heavy atom. The van der Waals surface area contributed by atoms with E-state index in [1.54, 1.807) is 12.1 Å². The second-order valence-electron chi connectivity index (χ2n) is 5.55. The van der Waals surface area contributed by atoms with Gasteiger partial charge in [0.1, 0.15) is 5.75 Å². The Morgan fingerprint density at radius 3 is 2.42 bits per heavy atom. The van der Waals surface area contributed by atoms with E-state index in [0.717, 1.165) is 19.3 Å². The molecule has 4 nitrogen and oxygen atoms in total. The highest BCUT2D eigenvalue weighted by molar-refractivity contribution is 6.68. The van der Waals surface area contributed by atoms with Crippen LogP contribution in [0.1, 0.15) is 55.8 Å². The van der Waals surface area contributed by atoms with Crippen molar-refractivity contribution in [3.63, 3.8) is 0 Å². The molecule has 0 saturated heterocycles. The molecule has 1 aromatic carbocycles. The first-order valence-electron chi connectivity index (χ1n) is 8.13. The minimum absolute atomic E-state index is 0.0971. The minimum Gasteiger partial charge on any atom is -0.507 e. The molecule has 24 heavy (non-hydrogen) atoms. The average Bonchev–Trinajstić information content (AvgIpc) is 2.52. The molecule has 0 fully saturated rings. The van der Waals surface area contributed by atoms with Gasteiger partial charge in [0, 0.05) is 6.61 Å². The van der Waals surface area contributed by atoms with Crippen molar-refractivity contribution >= 4 is 40.7 Å². The molecular formula is C17H24Cl3NO3. The van der Waals surface area contributed by atoms with Crippen molar-refractivity contribution in [3.05, 3.63) is 29.8 Å². The fraction of sp³-hybridized carbons (Fsp3) is 0.588. The fourth-order valence-electron chi connectivity index (χ4n) is 2.16. The first-order valence-corrected chi connectivity index (χ1v) is 9.26. The molecule has 1 rings (SSSR count). The molecule has 0 aliphatic carbocycles. The molecule has 1 aromatic rings. The number of halogens is 3. The SMILES string of the molecule is CCCCCCCCOC(NC(=O)c1ccccc1O)C(Cl)(Cl)Cl. The van der Waals surface area contributed by atoms with E-state index in [9.17, 15) is 9.90 Å². The highest BCUT2D eigenvalue weighted by atomic mass is 35.6. The van der Waals surface area contributed by atoms with Gasteiger partial charge in [0.25, 0.3) is 5.91 Å². The zero-order valence-electron chi connectivity index (χ0n) is 13.7. The van der Waals surface area contributed by atoms with E-state index < -0.39 is 15.9 Å². The van der Waals surface area contributed by atoms with Gasteiger partial charge in [0.05, 0.1) is 5.56 Å². The summed E-state index contributed by atoms with van der Waals surface area (Å²) >= 11 is 17.6. The Kier molecular flexibility index (Phi) is 9.82. The fourth-order valence-corrected chi connectivity index (χ4v) is 2.52. The molecule has 0 aliphatic heterocycles. The lowest BCUT2D eigenvalue weighted by atomic mass is 10.1. The van der Waals surface area contributed by atoms with Gasteiger partial charge in [-0.15, -0.1) is 0 Å². The molecule has 7 heteroatoms. The summed E-state index contributed by atoms with van der Waals surface area (Å²) in [5.41, 5.74) is 0.0971. The van der Waals surface area contributed by atoms with Crippen LogP contribution in [0, 0.1) is 0 Å². The van der Waals surface area contributed by atoms with Crippen LogP contribution in [0.3, 0.4) is 0 Å². The largest absolute Gasteiger partial charge is 0.507 e. The second kappa shape index (κ2) is 11.0. The number of hydrogen-bond acceptors (Lipinski definition) is 3. The third kappa shape index (κ3) is 7.93. The number of alkyl halides is 3. The van der Waals surface area contributed by atoms with Gasteiger partial charge < -0.3 is 15.2 Å². The Bertz CT molecular complexity index is 506. The maximum atomic E-state index is 12.2. The number of carbonyl (C=O) groups is 1. The van der Waals surface area contributed by atoms with Gasteiger partial charge in [0.2, 0.25) is 3.79 Å². The third-order valence-corrected chi connectivity index (χ3v) is 4.09. The van der Waals surface area contributed by atoms with E-state index >= 15 is 0 Å². The van der Waals surface area contributed by atoms with Gasteiger partial charge in [-0.05, 0) is 18.6 Å². The van der Waals surface area contributed by atoms with Gasteiger partial charge in [-0.25, -0.2) is 0 Å². The van der Waals surface area contributed by atoms with Gasteiger partial charge >= 0.3 is 0 Å². The summed E-state index contributed by atoms with van der Waals surface area (Å²) in [7, 11) is 0. The lowest BCUT2D eigenvalue weighted by Gasteiger charge is -2.25. The van der Waals surface area contributed by atoms with Crippen molar-refractivity contribution in [2.45, 2.75) is 55.5 Å². The first-order chi connectivity index (χ1) is 11.4. The number of hydrogen-bond donors (Lipinski definition) is 2. The zero-order valence-corrected chi connectivity index (χ0v) is 16.0. The Labute approximate surface area is 158 Å². The summed E-state index contributed by atoms with van der Waals surface area (Å²) in [6.45, 7) is 2.55. The van der Waals surface area contributed by atoms with Crippen LogP contribution in [0.5, 0.6) is 5.75 Å². The van der Waals surface area contributed by atoms with Crippen LogP contribution in [0.15, 0.2) is 24.3 Å². The van der Waals surface area contributed by atoms with Crippen LogP contribution in [0.25, 0.3) is 0 Å². The molecule has 0 heterocycles. The van der Waals surface area contributed by atoms with Crippen molar-refractivity contribution < 1.29 is 14.6 Å². The van der Waals surface area contributed by atoms with E-state index in [-0.39, 0.29) is 11.3 Å². The van der Waals surface area contributed by atoms with Gasteiger partial charge in [0.15, 0.2) is 6.23 Å². The molecule has 1 amide bonds. The van der Waals surface area contributed by atoms with E-state index in [1.165, 1.54) is 31.4 Å². The number of benzene rings is 1. The first kappa shape index (κ1) is 21.4. The number of rotatable bonds is 10. The highest BCUT2D eigenvalue weighted by Crippen LogP contribution is 2.31. The summed E-state index contributed by atoms with van der Waals surface area (Å²) in [6, 6.07) is 6.15. The quantitative estimate of drug-likeness (QED) is 0.325. The number of para-hydroxylation sites is 1. The molecule has 2 N–H and O–H groups in total. The third-order valence-electron chi connectivity index (χ3n) is 3.49. The van der Waals surface area contributed by atoms with Crippen molar-refractivity contribution in [1.29, 1.82) is 0 Å². The maximum Gasteiger partial charge on any atom is 0.257 e. The molecule has 0 spiro atoms. The average molecular weight is 397 g/mol. The second-order valence-corrected chi connectivity index (χ2v) is 7.92. The number of unbranched alkanes of at least 4 members (excludes halogenated alkanes) is 5. The number of amides is 1. The summed E-state index contributed by atoms with van der Waals surface area (Å²) in [5.74, 6) is -0.707. The lowest BCUT2D eigenvalue weighted by molar-refractivity contribution is 0.0280. The molecule has 0 aliphatic rings. The predicted octanol–water partition coefficient (Wildman–Crippen LogP) is 5.20.